The molecule has 0 aliphatic carbocycles. The predicted molar refractivity (Wildman–Crippen MR) is 63.0 cm³/mol. The van der Waals surface area contributed by atoms with E-state index in [1.54, 1.807) is 7.11 Å². The fourth-order valence-corrected chi connectivity index (χ4v) is 1.59. The Hall–Kier alpha value is -0.850. The Balaban J connectivity index is 2.12. The van der Waals surface area contributed by atoms with Gasteiger partial charge in [-0.25, -0.2) is 5.84 Å². The molecule has 1 atom stereocenters. The summed E-state index contributed by atoms with van der Waals surface area (Å²) in [6.45, 7) is 3.87. The molecule has 0 aromatic rings. The highest BCUT2D eigenvalue weighted by Gasteiger charge is 2.14. The van der Waals surface area contributed by atoms with Crippen LogP contribution in [0.15, 0.2) is 4.99 Å². The zero-order valence-corrected chi connectivity index (χ0v) is 9.87. The number of methoxy groups -OCH3 is 1. The van der Waals surface area contributed by atoms with Gasteiger partial charge in [-0.05, 0) is 18.8 Å². The highest BCUT2D eigenvalue weighted by molar-refractivity contribution is 5.79. The van der Waals surface area contributed by atoms with Gasteiger partial charge in [-0.3, -0.25) is 10.4 Å². The largest absolute Gasteiger partial charge is 0.383 e. The summed E-state index contributed by atoms with van der Waals surface area (Å²) in [6.07, 6.45) is 2.20. The van der Waals surface area contributed by atoms with Crippen LogP contribution in [0.25, 0.3) is 0 Å². The van der Waals surface area contributed by atoms with Gasteiger partial charge in [-0.2, -0.15) is 0 Å². The number of hydrogen-bond acceptors (Lipinski definition) is 4. The minimum atomic E-state index is 0.621. The van der Waals surface area contributed by atoms with Crippen molar-refractivity contribution >= 4 is 5.96 Å². The summed E-state index contributed by atoms with van der Waals surface area (Å²) in [4.78, 5) is 4.34. The first-order valence-corrected chi connectivity index (χ1v) is 5.68. The van der Waals surface area contributed by atoms with Gasteiger partial charge in [0.05, 0.1) is 6.61 Å². The molecule has 0 aromatic heterocycles. The van der Waals surface area contributed by atoms with Crippen molar-refractivity contribution in [3.8, 4) is 0 Å². The first kappa shape index (κ1) is 13.2. The average Bonchev–Trinajstić information content (AvgIpc) is 2.80. The van der Waals surface area contributed by atoms with E-state index in [1.807, 2.05) is 0 Å². The van der Waals surface area contributed by atoms with Gasteiger partial charge in [-0.15, -0.1) is 0 Å². The molecule has 94 valence electrons. The van der Waals surface area contributed by atoms with Gasteiger partial charge in [0.25, 0.3) is 0 Å². The van der Waals surface area contributed by atoms with Crippen molar-refractivity contribution in [1.82, 2.24) is 10.7 Å². The van der Waals surface area contributed by atoms with Gasteiger partial charge < -0.3 is 14.8 Å². The number of guanidine groups is 1. The minimum absolute atomic E-state index is 0.621. The van der Waals surface area contributed by atoms with Crippen LogP contribution in [0.4, 0.5) is 0 Å². The summed E-state index contributed by atoms with van der Waals surface area (Å²) in [7, 11) is 1.66. The number of nitrogens with two attached hydrogens (primary N) is 1. The Kier molecular flexibility index (Phi) is 6.87. The van der Waals surface area contributed by atoms with Crippen molar-refractivity contribution in [2.24, 2.45) is 16.8 Å². The van der Waals surface area contributed by atoms with Crippen LogP contribution in [0.3, 0.4) is 0 Å². The lowest BCUT2D eigenvalue weighted by Gasteiger charge is -2.09. The molecule has 16 heavy (non-hydrogen) atoms. The molecule has 6 heteroatoms. The molecule has 1 aliphatic rings. The highest BCUT2D eigenvalue weighted by atomic mass is 16.5. The monoisotopic (exact) mass is 230 g/mol. The number of nitrogens with zero attached hydrogens (tertiary/aromatic N) is 1. The lowest BCUT2D eigenvalue weighted by Crippen LogP contribution is -2.43. The number of nitrogens with one attached hydrogen (secondary N) is 2. The normalized spacial score (nSPS) is 21.1. The maximum atomic E-state index is 5.34. The van der Waals surface area contributed by atoms with E-state index in [0.717, 1.165) is 32.6 Å². The molecule has 0 saturated carbocycles. The van der Waals surface area contributed by atoms with E-state index in [1.165, 1.54) is 0 Å². The van der Waals surface area contributed by atoms with Gasteiger partial charge in [0, 0.05) is 33.4 Å². The van der Waals surface area contributed by atoms with E-state index < -0.39 is 0 Å². The van der Waals surface area contributed by atoms with Gasteiger partial charge in [0.2, 0.25) is 5.96 Å². The molecule has 1 heterocycles. The molecule has 1 rings (SSSR count). The molecule has 0 aromatic carbocycles. The van der Waals surface area contributed by atoms with E-state index in [4.69, 9.17) is 15.3 Å². The van der Waals surface area contributed by atoms with Crippen LogP contribution < -0.4 is 16.6 Å². The second-order valence-electron chi connectivity index (χ2n) is 3.81. The summed E-state index contributed by atoms with van der Waals surface area (Å²) in [5, 5.41) is 3.05. The van der Waals surface area contributed by atoms with Crippen LogP contribution in [0.2, 0.25) is 0 Å². The Morgan fingerprint density at radius 1 is 1.62 bits per heavy atom. The van der Waals surface area contributed by atoms with Gasteiger partial charge in [0.1, 0.15) is 0 Å². The third-order valence-electron chi connectivity index (χ3n) is 2.57. The van der Waals surface area contributed by atoms with Crippen LogP contribution in [0, 0.1) is 5.92 Å². The van der Waals surface area contributed by atoms with Crippen LogP contribution in [-0.4, -0.2) is 46.0 Å². The van der Waals surface area contributed by atoms with Crippen molar-refractivity contribution in [3.05, 3.63) is 0 Å². The fraction of sp³-hybridized carbons (Fsp3) is 0.900. The minimum Gasteiger partial charge on any atom is -0.383 e. The number of hydrogen-bond donors (Lipinski definition) is 3. The van der Waals surface area contributed by atoms with Gasteiger partial charge in [-0.1, -0.05) is 0 Å². The smallest absolute Gasteiger partial charge is 0.205 e. The van der Waals surface area contributed by atoms with Crippen molar-refractivity contribution < 1.29 is 9.47 Å². The second kappa shape index (κ2) is 8.32. The summed E-state index contributed by atoms with van der Waals surface area (Å²) in [5.74, 6) is 6.62. The van der Waals surface area contributed by atoms with E-state index in [0.29, 0.717) is 25.0 Å². The van der Waals surface area contributed by atoms with Crippen LogP contribution in [0.5, 0.6) is 0 Å². The fourth-order valence-electron chi connectivity index (χ4n) is 1.59. The Morgan fingerprint density at radius 2 is 2.50 bits per heavy atom. The lowest BCUT2D eigenvalue weighted by molar-refractivity contribution is 0.184. The van der Waals surface area contributed by atoms with E-state index in [2.05, 4.69) is 15.7 Å². The third kappa shape index (κ3) is 5.29. The second-order valence-corrected chi connectivity index (χ2v) is 3.81. The molecule has 4 N–H and O–H groups in total. The Labute approximate surface area is 96.6 Å². The number of ether oxygens (including phenoxy) is 2. The van der Waals surface area contributed by atoms with Gasteiger partial charge in [0.15, 0.2) is 0 Å². The molecule has 1 unspecified atom stereocenters. The van der Waals surface area contributed by atoms with Crippen molar-refractivity contribution in [1.29, 1.82) is 0 Å². The van der Waals surface area contributed by atoms with Crippen LogP contribution >= 0.6 is 0 Å². The topological polar surface area (TPSA) is 80.9 Å². The maximum absolute atomic E-state index is 5.34. The van der Waals surface area contributed by atoms with Gasteiger partial charge >= 0.3 is 0 Å². The zero-order chi connectivity index (χ0) is 11.6. The first-order valence-electron chi connectivity index (χ1n) is 5.68. The van der Waals surface area contributed by atoms with E-state index >= 15 is 0 Å². The summed E-state index contributed by atoms with van der Waals surface area (Å²) in [6, 6.07) is 0. The Bertz CT molecular complexity index is 205. The molecule has 0 bridgehead atoms. The summed E-state index contributed by atoms with van der Waals surface area (Å²) < 4.78 is 10.2. The molecular weight excluding hydrogens is 208 g/mol. The molecule has 6 nitrogen and oxygen atoms in total. The SMILES string of the molecule is COCCNC(=NCCC1CCOC1)NN. The molecule has 1 saturated heterocycles. The lowest BCUT2D eigenvalue weighted by atomic mass is 10.1. The van der Waals surface area contributed by atoms with E-state index in [-0.39, 0.29) is 0 Å². The van der Waals surface area contributed by atoms with Crippen LogP contribution in [0.1, 0.15) is 12.8 Å². The molecule has 1 fully saturated rings. The quantitative estimate of drug-likeness (QED) is 0.188. The van der Waals surface area contributed by atoms with E-state index in [9.17, 15) is 0 Å². The molecule has 1 aliphatic heterocycles. The van der Waals surface area contributed by atoms with Crippen molar-refractivity contribution in [2.45, 2.75) is 12.8 Å². The third-order valence-corrected chi connectivity index (χ3v) is 2.57. The first-order chi connectivity index (χ1) is 7.86. The molecular formula is C10H22N4O2. The number of hydrazine groups is 1. The summed E-state index contributed by atoms with van der Waals surface area (Å²) >= 11 is 0. The Morgan fingerprint density at radius 3 is 3.12 bits per heavy atom. The maximum Gasteiger partial charge on any atom is 0.205 e. The summed E-state index contributed by atoms with van der Waals surface area (Å²) in [5.41, 5.74) is 2.54. The highest BCUT2D eigenvalue weighted by Crippen LogP contribution is 2.15. The molecule has 0 radical (unpaired) electrons. The van der Waals surface area contributed by atoms with Crippen molar-refractivity contribution in [3.63, 3.8) is 0 Å². The van der Waals surface area contributed by atoms with Crippen molar-refractivity contribution in [2.75, 3.05) is 40.0 Å². The standard InChI is InChI=1S/C10H22N4O2/c1-15-7-5-13-10(14-11)12-4-2-9-3-6-16-8-9/h9H,2-8,11H2,1H3,(H2,12,13,14). The molecule has 0 spiro atoms. The van der Waals surface area contributed by atoms with Crippen LogP contribution in [-0.2, 0) is 9.47 Å². The number of aliphatic imine (C=N–C) groups is 1. The average molecular weight is 230 g/mol. The zero-order valence-electron chi connectivity index (χ0n) is 9.87. The predicted octanol–water partition coefficient (Wildman–Crippen LogP) is -0.532. The number of rotatable bonds is 6. The molecule has 0 amide bonds.